The van der Waals surface area contributed by atoms with E-state index >= 15 is 0 Å². The lowest BCUT2D eigenvalue weighted by Crippen LogP contribution is -1.90. The average Bonchev–Trinajstić information content (AvgIpc) is 2.53. The second kappa shape index (κ2) is 4.42. The highest BCUT2D eigenvalue weighted by atomic mass is 14.8. The number of nitrogens with zero attached hydrogens (tertiary/aromatic N) is 2. The molecule has 0 saturated carbocycles. The summed E-state index contributed by atoms with van der Waals surface area (Å²) in [5, 5.41) is 0. The standard InChI is InChI=1S/C18H11N2/c1-2-7-13(8-3-1)14-9-6-12-17-18(14)20-16-11-5-4-10-15(16)19-17/h1-5,7-12H. The van der Waals surface area contributed by atoms with Crippen molar-refractivity contribution in [2.75, 3.05) is 0 Å². The van der Waals surface area contributed by atoms with Crippen LogP contribution in [0, 0.1) is 6.07 Å². The molecule has 93 valence electrons. The number of rotatable bonds is 1. The minimum atomic E-state index is 0.880. The highest BCUT2D eigenvalue weighted by Crippen LogP contribution is 2.27. The molecule has 0 aliphatic rings. The molecule has 20 heavy (non-hydrogen) atoms. The van der Waals surface area contributed by atoms with E-state index in [1.54, 1.807) is 0 Å². The molecule has 0 aliphatic carbocycles. The molecule has 1 radical (unpaired) electrons. The number of hydrogen-bond acceptors (Lipinski definition) is 2. The first-order chi connectivity index (χ1) is 9.92. The summed E-state index contributed by atoms with van der Waals surface area (Å²) < 4.78 is 0. The summed E-state index contributed by atoms with van der Waals surface area (Å²) in [6.07, 6.45) is 0. The van der Waals surface area contributed by atoms with Crippen LogP contribution < -0.4 is 0 Å². The average molecular weight is 255 g/mol. The second-order valence-electron chi connectivity index (χ2n) is 4.68. The number of aromatic nitrogens is 2. The Morgan fingerprint density at radius 2 is 1.35 bits per heavy atom. The van der Waals surface area contributed by atoms with Crippen LogP contribution in [0.2, 0.25) is 0 Å². The lowest BCUT2D eigenvalue weighted by Gasteiger charge is -2.06. The molecule has 0 fully saturated rings. The zero-order valence-corrected chi connectivity index (χ0v) is 10.7. The van der Waals surface area contributed by atoms with Crippen molar-refractivity contribution < 1.29 is 0 Å². The SMILES string of the molecule is [c]1cc(-c2ccccc2)c2nc3ccccc3nc2c1. The van der Waals surface area contributed by atoms with Crippen molar-refractivity contribution in [3.8, 4) is 11.1 Å². The molecule has 0 N–H and O–H groups in total. The quantitative estimate of drug-likeness (QED) is 0.475. The fraction of sp³-hybridized carbons (Fsp3) is 0. The fourth-order valence-electron chi connectivity index (χ4n) is 2.42. The topological polar surface area (TPSA) is 25.8 Å². The molecular formula is C18H11N2. The number of hydrogen-bond donors (Lipinski definition) is 0. The fourth-order valence-corrected chi connectivity index (χ4v) is 2.42. The Labute approximate surface area is 116 Å². The van der Waals surface area contributed by atoms with Gasteiger partial charge in [-0.25, -0.2) is 9.97 Å². The Kier molecular flexibility index (Phi) is 2.46. The molecule has 0 unspecified atom stereocenters. The van der Waals surface area contributed by atoms with E-state index in [4.69, 9.17) is 4.98 Å². The zero-order valence-electron chi connectivity index (χ0n) is 10.7. The van der Waals surface area contributed by atoms with Gasteiger partial charge in [-0.2, -0.15) is 0 Å². The van der Waals surface area contributed by atoms with Crippen LogP contribution in [-0.4, -0.2) is 9.97 Å². The van der Waals surface area contributed by atoms with E-state index in [-0.39, 0.29) is 0 Å². The molecule has 0 spiro atoms. The van der Waals surface area contributed by atoms with E-state index in [0.717, 1.165) is 33.2 Å². The van der Waals surface area contributed by atoms with Gasteiger partial charge in [0.05, 0.1) is 22.1 Å². The van der Waals surface area contributed by atoms with E-state index in [0.29, 0.717) is 0 Å². The highest BCUT2D eigenvalue weighted by Gasteiger charge is 2.07. The molecule has 1 heterocycles. The van der Waals surface area contributed by atoms with E-state index in [9.17, 15) is 0 Å². The summed E-state index contributed by atoms with van der Waals surface area (Å²) in [6.45, 7) is 0. The molecule has 1 aromatic heterocycles. The van der Waals surface area contributed by atoms with Crippen molar-refractivity contribution in [1.29, 1.82) is 0 Å². The van der Waals surface area contributed by atoms with Gasteiger partial charge in [0.15, 0.2) is 0 Å². The zero-order chi connectivity index (χ0) is 13.4. The maximum atomic E-state index is 4.77. The first-order valence-electron chi connectivity index (χ1n) is 6.54. The monoisotopic (exact) mass is 255 g/mol. The van der Waals surface area contributed by atoms with Crippen molar-refractivity contribution in [3.63, 3.8) is 0 Å². The molecule has 2 nitrogen and oxygen atoms in total. The van der Waals surface area contributed by atoms with Crippen molar-refractivity contribution in [2.45, 2.75) is 0 Å². The molecule has 0 bridgehead atoms. The van der Waals surface area contributed by atoms with E-state index in [2.05, 4.69) is 23.2 Å². The van der Waals surface area contributed by atoms with E-state index in [1.165, 1.54) is 0 Å². The van der Waals surface area contributed by atoms with Crippen LogP contribution in [0.5, 0.6) is 0 Å². The van der Waals surface area contributed by atoms with Crippen LogP contribution in [0.4, 0.5) is 0 Å². The van der Waals surface area contributed by atoms with Gasteiger partial charge in [0.25, 0.3) is 0 Å². The summed E-state index contributed by atoms with van der Waals surface area (Å²) in [5.74, 6) is 0. The normalized spacial score (nSPS) is 11.0. The van der Waals surface area contributed by atoms with Crippen LogP contribution in [0.3, 0.4) is 0 Å². The molecular weight excluding hydrogens is 244 g/mol. The van der Waals surface area contributed by atoms with E-state index in [1.807, 2.05) is 54.6 Å². The maximum absolute atomic E-state index is 4.77. The van der Waals surface area contributed by atoms with Gasteiger partial charge < -0.3 is 0 Å². The Balaban J connectivity index is 2.09. The van der Waals surface area contributed by atoms with Crippen LogP contribution in [0.25, 0.3) is 33.2 Å². The van der Waals surface area contributed by atoms with Crippen molar-refractivity contribution in [2.24, 2.45) is 0 Å². The van der Waals surface area contributed by atoms with Crippen LogP contribution in [0.15, 0.2) is 66.7 Å². The van der Waals surface area contributed by atoms with Crippen LogP contribution >= 0.6 is 0 Å². The lowest BCUT2D eigenvalue weighted by atomic mass is 10.0. The summed E-state index contributed by atoms with van der Waals surface area (Å²) >= 11 is 0. The maximum Gasteiger partial charge on any atom is 0.0973 e. The predicted molar refractivity (Wildman–Crippen MR) is 81.3 cm³/mol. The molecule has 2 heteroatoms. The van der Waals surface area contributed by atoms with Crippen LogP contribution in [-0.2, 0) is 0 Å². The van der Waals surface area contributed by atoms with Gasteiger partial charge in [0.2, 0.25) is 0 Å². The van der Waals surface area contributed by atoms with Gasteiger partial charge in [-0.05, 0) is 35.9 Å². The van der Waals surface area contributed by atoms with Crippen molar-refractivity contribution in [3.05, 3.63) is 72.8 Å². The van der Waals surface area contributed by atoms with Gasteiger partial charge in [-0.3, -0.25) is 0 Å². The largest absolute Gasteiger partial charge is 0.244 e. The van der Waals surface area contributed by atoms with Gasteiger partial charge in [-0.15, -0.1) is 0 Å². The predicted octanol–water partition coefficient (Wildman–Crippen LogP) is 4.25. The number of benzene rings is 3. The Morgan fingerprint density at radius 1 is 0.650 bits per heavy atom. The van der Waals surface area contributed by atoms with Gasteiger partial charge in [-0.1, -0.05) is 42.5 Å². The number of fused-ring (bicyclic) bond motifs is 2. The molecule has 4 aromatic rings. The summed E-state index contributed by atoms with van der Waals surface area (Å²) in [7, 11) is 0. The summed E-state index contributed by atoms with van der Waals surface area (Å²) in [6, 6.07) is 25.2. The van der Waals surface area contributed by atoms with Gasteiger partial charge >= 0.3 is 0 Å². The van der Waals surface area contributed by atoms with Gasteiger partial charge in [0, 0.05) is 5.56 Å². The third kappa shape index (κ3) is 1.74. The molecule has 0 saturated heterocycles. The number of para-hydroxylation sites is 2. The minimum absolute atomic E-state index is 0.880. The van der Waals surface area contributed by atoms with E-state index < -0.39 is 0 Å². The van der Waals surface area contributed by atoms with Crippen molar-refractivity contribution in [1.82, 2.24) is 9.97 Å². The third-order valence-electron chi connectivity index (χ3n) is 3.39. The summed E-state index contributed by atoms with van der Waals surface area (Å²) in [5.41, 5.74) is 5.85. The molecule has 0 aliphatic heterocycles. The summed E-state index contributed by atoms with van der Waals surface area (Å²) in [4.78, 5) is 9.44. The highest BCUT2D eigenvalue weighted by molar-refractivity contribution is 5.95. The Hall–Kier alpha value is -2.74. The Morgan fingerprint density at radius 3 is 2.15 bits per heavy atom. The van der Waals surface area contributed by atoms with Crippen molar-refractivity contribution >= 4 is 22.1 Å². The molecule has 3 aromatic carbocycles. The Bertz CT molecular complexity index is 899. The second-order valence-corrected chi connectivity index (χ2v) is 4.68. The lowest BCUT2D eigenvalue weighted by molar-refractivity contribution is 1.39. The first kappa shape index (κ1) is 11.1. The minimum Gasteiger partial charge on any atom is -0.244 e. The smallest absolute Gasteiger partial charge is 0.0973 e. The molecule has 4 rings (SSSR count). The third-order valence-corrected chi connectivity index (χ3v) is 3.39. The molecule has 0 atom stereocenters. The van der Waals surface area contributed by atoms with Gasteiger partial charge in [0.1, 0.15) is 0 Å². The first-order valence-corrected chi connectivity index (χ1v) is 6.54. The molecule has 0 amide bonds. The van der Waals surface area contributed by atoms with Crippen LogP contribution in [0.1, 0.15) is 0 Å².